The Kier molecular flexibility index (Phi) is 4.98. The lowest BCUT2D eigenvalue weighted by Gasteiger charge is -1.96. The van der Waals surface area contributed by atoms with Gasteiger partial charge in [-0.1, -0.05) is 6.58 Å². The van der Waals surface area contributed by atoms with Crippen molar-refractivity contribution in [2.24, 2.45) is 10.7 Å². The molecule has 0 radical (unpaired) electrons. The van der Waals surface area contributed by atoms with Crippen LogP contribution in [0.4, 0.5) is 0 Å². The summed E-state index contributed by atoms with van der Waals surface area (Å²) in [6.45, 7) is 9.01. The molecule has 3 heteroatoms. The van der Waals surface area contributed by atoms with E-state index in [9.17, 15) is 0 Å². The SMILES string of the molecule is C=N/C(=C\SCN)C(=C)C. The summed E-state index contributed by atoms with van der Waals surface area (Å²) in [4.78, 5) is 3.76. The average molecular weight is 156 g/mol. The Morgan fingerprint density at radius 3 is 2.70 bits per heavy atom. The lowest BCUT2D eigenvalue weighted by atomic mass is 10.3. The summed E-state index contributed by atoms with van der Waals surface area (Å²) in [7, 11) is 0. The summed E-state index contributed by atoms with van der Waals surface area (Å²) < 4.78 is 0. The number of hydrogen-bond donors (Lipinski definition) is 1. The van der Waals surface area contributed by atoms with E-state index in [2.05, 4.69) is 18.3 Å². The van der Waals surface area contributed by atoms with Gasteiger partial charge in [0.15, 0.2) is 0 Å². The van der Waals surface area contributed by atoms with Crippen LogP contribution in [0, 0.1) is 0 Å². The number of rotatable bonds is 4. The van der Waals surface area contributed by atoms with Crippen LogP contribution in [0.3, 0.4) is 0 Å². The highest BCUT2D eigenvalue weighted by Gasteiger charge is 1.90. The third kappa shape index (κ3) is 3.48. The summed E-state index contributed by atoms with van der Waals surface area (Å²) in [5.41, 5.74) is 6.99. The molecule has 0 amide bonds. The average Bonchev–Trinajstić information content (AvgIpc) is 1.89. The maximum atomic E-state index is 5.26. The van der Waals surface area contributed by atoms with E-state index in [1.807, 2.05) is 12.3 Å². The third-order valence-corrected chi connectivity index (χ3v) is 1.48. The Hall–Kier alpha value is -0.540. The van der Waals surface area contributed by atoms with Gasteiger partial charge in [-0.3, -0.25) is 4.99 Å². The van der Waals surface area contributed by atoms with Gasteiger partial charge in [0.25, 0.3) is 0 Å². The molecule has 0 aliphatic carbocycles. The molecule has 0 aliphatic rings. The van der Waals surface area contributed by atoms with Crippen molar-refractivity contribution in [2.45, 2.75) is 6.92 Å². The summed E-state index contributed by atoms with van der Waals surface area (Å²) in [5.74, 6) is 0.562. The maximum Gasteiger partial charge on any atom is 0.0708 e. The number of nitrogens with two attached hydrogens (primary N) is 1. The maximum absolute atomic E-state index is 5.26. The zero-order valence-corrected chi connectivity index (χ0v) is 6.95. The molecule has 0 aromatic carbocycles. The fourth-order valence-corrected chi connectivity index (χ4v) is 0.930. The van der Waals surface area contributed by atoms with Crippen LogP contribution >= 0.6 is 11.8 Å². The molecule has 0 unspecified atom stereocenters. The van der Waals surface area contributed by atoms with Crippen molar-refractivity contribution in [1.29, 1.82) is 0 Å². The molecule has 0 saturated heterocycles. The van der Waals surface area contributed by atoms with Crippen LogP contribution in [0.25, 0.3) is 0 Å². The van der Waals surface area contributed by atoms with Crippen LogP contribution in [0.5, 0.6) is 0 Å². The van der Waals surface area contributed by atoms with Crippen molar-refractivity contribution >= 4 is 18.5 Å². The van der Waals surface area contributed by atoms with Gasteiger partial charge in [0.1, 0.15) is 0 Å². The number of hydrogen-bond acceptors (Lipinski definition) is 3. The largest absolute Gasteiger partial charge is 0.322 e. The molecule has 0 saturated carbocycles. The minimum Gasteiger partial charge on any atom is -0.322 e. The molecule has 0 atom stereocenters. The number of allylic oxidation sites excluding steroid dienone is 1. The Balaban J connectivity index is 4.04. The van der Waals surface area contributed by atoms with Gasteiger partial charge in [-0.2, -0.15) is 0 Å². The minimum atomic E-state index is 0.562. The van der Waals surface area contributed by atoms with Crippen LogP contribution in [-0.2, 0) is 0 Å². The van der Waals surface area contributed by atoms with Crippen LogP contribution in [0.15, 0.2) is 28.2 Å². The lowest BCUT2D eigenvalue weighted by molar-refractivity contribution is 1.32. The van der Waals surface area contributed by atoms with Gasteiger partial charge < -0.3 is 5.73 Å². The summed E-state index contributed by atoms with van der Waals surface area (Å²) >= 11 is 1.49. The van der Waals surface area contributed by atoms with E-state index < -0.39 is 0 Å². The molecule has 0 fully saturated rings. The first-order chi connectivity index (χ1) is 4.72. The molecule has 0 spiro atoms. The van der Waals surface area contributed by atoms with E-state index in [1.165, 1.54) is 11.8 Å². The van der Waals surface area contributed by atoms with Gasteiger partial charge in [0.05, 0.1) is 5.70 Å². The van der Waals surface area contributed by atoms with Crippen molar-refractivity contribution < 1.29 is 0 Å². The monoisotopic (exact) mass is 156 g/mol. The Morgan fingerprint density at radius 1 is 1.80 bits per heavy atom. The van der Waals surface area contributed by atoms with Gasteiger partial charge in [0, 0.05) is 5.88 Å². The fraction of sp³-hybridized carbons (Fsp3) is 0.286. The van der Waals surface area contributed by atoms with Gasteiger partial charge in [-0.15, -0.1) is 11.8 Å². The molecular formula is C7H12N2S. The molecular weight excluding hydrogens is 144 g/mol. The van der Waals surface area contributed by atoms with E-state index in [-0.39, 0.29) is 0 Å². The van der Waals surface area contributed by atoms with Crippen LogP contribution in [0.1, 0.15) is 6.92 Å². The highest BCUT2D eigenvalue weighted by atomic mass is 32.2. The number of nitrogens with zero attached hydrogens (tertiary/aromatic N) is 1. The Labute approximate surface area is 65.9 Å². The van der Waals surface area contributed by atoms with E-state index in [0.717, 1.165) is 11.3 Å². The van der Waals surface area contributed by atoms with Crippen molar-refractivity contribution in [1.82, 2.24) is 0 Å². The molecule has 56 valence electrons. The first-order valence-corrected chi connectivity index (χ1v) is 3.91. The lowest BCUT2D eigenvalue weighted by Crippen LogP contribution is -1.90. The van der Waals surface area contributed by atoms with E-state index in [4.69, 9.17) is 5.73 Å². The van der Waals surface area contributed by atoms with Crippen LogP contribution in [0.2, 0.25) is 0 Å². The standard InChI is InChI=1S/C7H12N2S/c1-6(2)7(9-3)4-10-5-8/h4H,1,3,5,8H2,2H3/b7-4-. The number of aliphatic imine (C=N–C) groups is 1. The predicted octanol–water partition coefficient (Wildman–Crippen LogP) is 1.75. The van der Waals surface area contributed by atoms with Gasteiger partial charge in [0.2, 0.25) is 0 Å². The second-order valence-electron chi connectivity index (χ2n) is 1.77. The van der Waals surface area contributed by atoms with Crippen LogP contribution < -0.4 is 5.73 Å². The molecule has 10 heavy (non-hydrogen) atoms. The predicted molar refractivity (Wildman–Crippen MR) is 49.1 cm³/mol. The summed E-state index contributed by atoms with van der Waals surface area (Å²) in [5, 5.41) is 1.86. The third-order valence-electron chi connectivity index (χ3n) is 0.899. The van der Waals surface area contributed by atoms with Crippen molar-refractivity contribution in [3.63, 3.8) is 0 Å². The molecule has 2 nitrogen and oxygen atoms in total. The van der Waals surface area contributed by atoms with Gasteiger partial charge in [-0.05, 0) is 24.6 Å². The molecule has 0 aliphatic heterocycles. The molecule has 0 aromatic heterocycles. The Bertz CT molecular complexity index is 161. The highest BCUT2D eigenvalue weighted by molar-refractivity contribution is 8.02. The summed E-state index contributed by atoms with van der Waals surface area (Å²) in [6.07, 6.45) is 0. The minimum absolute atomic E-state index is 0.562. The first-order valence-electron chi connectivity index (χ1n) is 2.86. The van der Waals surface area contributed by atoms with Crippen molar-refractivity contribution in [2.75, 3.05) is 5.88 Å². The second kappa shape index (κ2) is 5.26. The zero-order valence-electron chi connectivity index (χ0n) is 6.13. The topological polar surface area (TPSA) is 38.4 Å². The fourth-order valence-electron chi connectivity index (χ4n) is 0.400. The van der Waals surface area contributed by atoms with Gasteiger partial charge in [-0.25, -0.2) is 0 Å². The van der Waals surface area contributed by atoms with E-state index in [1.54, 1.807) is 0 Å². The van der Waals surface area contributed by atoms with Crippen molar-refractivity contribution in [3.8, 4) is 0 Å². The summed E-state index contributed by atoms with van der Waals surface area (Å²) in [6, 6.07) is 0. The quantitative estimate of drug-likeness (QED) is 0.382. The number of thioether (sulfide) groups is 1. The zero-order chi connectivity index (χ0) is 7.98. The van der Waals surface area contributed by atoms with E-state index in [0.29, 0.717) is 5.88 Å². The second-order valence-corrected chi connectivity index (χ2v) is 2.68. The molecule has 0 aromatic rings. The van der Waals surface area contributed by atoms with Gasteiger partial charge >= 0.3 is 0 Å². The Morgan fingerprint density at radius 2 is 2.40 bits per heavy atom. The molecule has 0 heterocycles. The van der Waals surface area contributed by atoms with Crippen LogP contribution in [-0.4, -0.2) is 12.6 Å². The molecule has 2 N–H and O–H groups in total. The highest BCUT2D eigenvalue weighted by Crippen LogP contribution is 2.12. The first kappa shape index (κ1) is 9.46. The normalized spacial score (nSPS) is 11.2. The van der Waals surface area contributed by atoms with E-state index >= 15 is 0 Å². The smallest absolute Gasteiger partial charge is 0.0708 e. The van der Waals surface area contributed by atoms with Crippen molar-refractivity contribution in [3.05, 3.63) is 23.3 Å². The molecule has 0 bridgehead atoms. The molecule has 0 rings (SSSR count).